The average Bonchev–Trinajstić information content (AvgIpc) is 2.88. The molecule has 0 radical (unpaired) electrons. The van der Waals surface area contributed by atoms with Gasteiger partial charge in [0.1, 0.15) is 5.54 Å². The molecule has 1 saturated carbocycles. The van der Waals surface area contributed by atoms with Gasteiger partial charge in [-0.3, -0.25) is 14.9 Å². The number of carbonyl (C=O) groups is 1. The minimum absolute atomic E-state index is 0.194. The molecule has 8 nitrogen and oxygen atoms in total. The Balaban J connectivity index is 2.29. The summed E-state index contributed by atoms with van der Waals surface area (Å²) in [5.41, 5.74) is -1.72. The quantitative estimate of drug-likeness (QED) is 0.622. The third-order valence-electron chi connectivity index (χ3n) is 3.55. The molecule has 0 atom stereocenters. The zero-order valence-electron chi connectivity index (χ0n) is 11.0. The van der Waals surface area contributed by atoms with Gasteiger partial charge < -0.3 is 5.11 Å². The van der Waals surface area contributed by atoms with Crippen LogP contribution in [-0.4, -0.2) is 30.0 Å². The number of nitrogens with zero attached hydrogens (tertiary/aromatic N) is 1. The topological polar surface area (TPSA) is 127 Å². The lowest BCUT2D eigenvalue weighted by molar-refractivity contribution is -0.384. The number of carboxylic acids is 1. The molecule has 2 rings (SSSR count). The van der Waals surface area contributed by atoms with Gasteiger partial charge in [-0.05, 0) is 25.0 Å². The van der Waals surface area contributed by atoms with Crippen LogP contribution >= 0.6 is 0 Å². The van der Waals surface area contributed by atoms with Gasteiger partial charge in [-0.15, -0.1) is 0 Å². The van der Waals surface area contributed by atoms with Crippen LogP contribution in [0.15, 0.2) is 29.2 Å². The van der Waals surface area contributed by atoms with Gasteiger partial charge in [0.05, 0.1) is 9.82 Å². The van der Waals surface area contributed by atoms with Gasteiger partial charge in [-0.1, -0.05) is 12.8 Å². The first-order valence-electron chi connectivity index (χ1n) is 6.29. The van der Waals surface area contributed by atoms with Crippen molar-refractivity contribution in [3.05, 3.63) is 34.4 Å². The molecule has 0 heterocycles. The molecule has 2 N–H and O–H groups in total. The predicted molar refractivity (Wildman–Crippen MR) is 72.3 cm³/mol. The summed E-state index contributed by atoms with van der Waals surface area (Å²) < 4.78 is 26.7. The Kier molecular flexibility index (Phi) is 3.97. The number of aliphatic carboxylic acids is 1. The minimum Gasteiger partial charge on any atom is -0.480 e. The second-order valence-electron chi connectivity index (χ2n) is 4.95. The van der Waals surface area contributed by atoms with Crippen LogP contribution in [0.4, 0.5) is 5.69 Å². The van der Waals surface area contributed by atoms with E-state index in [0.717, 1.165) is 24.3 Å². The fourth-order valence-corrected chi connectivity index (χ4v) is 3.82. The maximum atomic E-state index is 12.2. The van der Waals surface area contributed by atoms with Crippen molar-refractivity contribution >= 4 is 21.7 Å². The van der Waals surface area contributed by atoms with E-state index >= 15 is 0 Å². The monoisotopic (exact) mass is 314 g/mol. The second kappa shape index (κ2) is 5.41. The molecule has 0 aromatic heterocycles. The summed E-state index contributed by atoms with van der Waals surface area (Å²) in [6, 6.07) is 4.31. The molecule has 114 valence electrons. The van der Waals surface area contributed by atoms with E-state index in [1.165, 1.54) is 0 Å². The van der Waals surface area contributed by atoms with Crippen molar-refractivity contribution < 1.29 is 23.2 Å². The number of hydrogen-bond donors (Lipinski definition) is 2. The van der Waals surface area contributed by atoms with E-state index in [-0.39, 0.29) is 23.4 Å². The molecule has 9 heteroatoms. The number of nitro groups is 1. The molecule has 1 aromatic rings. The molecule has 0 unspecified atom stereocenters. The van der Waals surface area contributed by atoms with Crippen molar-refractivity contribution in [2.45, 2.75) is 36.1 Å². The predicted octanol–water partition coefficient (Wildman–Crippen LogP) is 1.27. The fourth-order valence-electron chi connectivity index (χ4n) is 2.40. The lowest BCUT2D eigenvalue weighted by Crippen LogP contribution is -2.52. The maximum Gasteiger partial charge on any atom is 0.324 e. The highest BCUT2D eigenvalue weighted by atomic mass is 32.2. The van der Waals surface area contributed by atoms with Crippen LogP contribution in [-0.2, 0) is 14.8 Å². The number of sulfonamides is 1. The van der Waals surface area contributed by atoms with Crippen LogP contribution in [0.25, 0.3) is 0 Å². The highest BCUT2D eigenvalue weighted by molar-refractivity contribution is 7.89. The van der Waals surface area contributed by atoms with Crippen LogP contribution in [0, 0.1) is 10.1 Å². The normalized spacial score (nSPS) is 17.5. The van der Waals surface area contributed by atoms with Crippen molar-refractivity contribution in [2.24, 2.45) is 0 Å². The van der Waals surface area contributed by atoms with Crippen molar-refractivity contribution in [2.75, 3.05) is 0 Å². The molecule has 0 amide bonds. The van der Waals surface area contributed by atoms with Crippen molar-refractivity contribution in [3.8, 4) is 0 Å². The molecule has 0 saturated heterocycles. The molecule has 1 fully saturated rings. The molecule has 1 aromatic carbocycles. The van der Waals surface area contributed by atoms with Gasteiger partial charge in [0.15, 0.2) is 0 Å². The summed E-state index contributed by atoms with van der Waals surface area (Å²) in [4.78, 5) is 21.1. The average molecular weight is 314 g/mol. The minimum atomic E-state index is -4.04. The third kappa shape index (κ3) is 3.03. The van der Waals surface area contributed by atoms with Crippen LogP contribution in [0.2, 0.25) is 0 Å². The number of nitrogens with one attached hydrogen (secondary N) is 1. The smallest absolute Gasteiger partial charge is 0.324 e. The van der Waals surface area contributed by atoms with Gasteiger partial charge in [-0.2, -0.15) is 4.72 Å². The van der Waals surface area contributed by atoms with E-state index in [0.29, 0.717) is 12.8 Å². The molecule has 1 aliphatic rings. The highest BCUT2D eigenvalue weighted by Gasteiger charge is 2.44. The van der Waals surface area contributed by atoms with Gasteiger partial charge >= 0.3 is 5.97 Å². The van der Waals surface area contributed by atoms with Crippen molar-refractivity contribution in [3.63, 3.8) is 0 Å². The standard InChI is InChI=1S/C12H14N2O6S/c15-11(16)12(7-1-2-8-12)13-21(19,20)10-5-3-9(4-6-10)14(17)18/h3-6,13H,1-2,7-8H2,(H,15,16). The number of non-ortho nitro benzene ring substituents is 1. The Morgan fingerprint density at radius 1 is 1.24 bits per heavy atom. The van der Waals surface area contributed by atoms with Crippen LogP contribution in [0.1, 0.15) is 25.7 Å². The van der Waals surface area contributed by atoms with E-state index in [9.17, 15) is 28.4 Å². The van der Waals surface area contributed by atoms with E-state index in [2.05, 4.69) is 4.72 Å². The Bertz CT molecular complexity index is 661. The largest absolute Gasteiger partial charge is 0.480 e. The first kappa shape index (κ1) is 15.4. The van der Waals surface area contributed by atoms with Crippen molar-refractivity contribution in [1.82, 2.24) is 4.72 Å². The Labute approximate surface area is 121 Å². The highest BCUT2D eigenvalue weighted by Crippen LogP contribution is 2.31. The summed E-state index contributed by atoms with van der Waals surface area (Å²) in [5.74, 6) is -1.20. The first-order valence-corrected chi connectivity index (χ1v) is 7.77. The number of hydrogen-bond acceptors (Lipinski definition) is 5. The van der Waals surface area contributed by atoms with Gasteiger partial charge in [0, 0.05) is 12.1 Å². The van der Waals surface area contributed by atoms with E-state index in [4.69, 9.17) is 0 Å². The number of rotatable bonds is 5. The first-order chi connectivity index (χ1) is 9.77. The van der Waals surface area contributed by atoms with Crippen LogP contribution < -0.4 is 4.72 Å². The van der Waals surface area contributed by atoms with Gasteiger partial charge in [0.2, 0.25) is 10.0 Å². The summed E-state index contributed by atoms with van der Waals surface area (Å²) in [7, 11) is -4.04. The Hall–Kier alpha value is -2.00. The molecule has 1 aliphatic carbocycles. The summed E-state index contributed by atoms with van der Waals surface area (Å²) in [5, 5.41) is 19.8. The number of carboxylic acid groups (broad SMARTS) is 1. The lowest BCUT2D eigenvalue weighted by Gasteiger charge is -2.24. The molecular formula is C12H14N2O6S. The zero-order valence-corrected chi connectivity index (χ0v) is 11.8. The van der Waals surface area contributed by atoms with E-state index in [1.807, 2.05) is 0 Å². The van der Waals surface area contributed by atoms with Crippen LogP contribution in [0.3, 0.4) is 0 Å². The summed E-state index contributed by atoms with van der Waals surface area (Å²) in [6.07, 6.45) is 1.73. The zero-order chi connectivity index (χ0) is 15.7. The molecule has 21 heavy (non-hydrogen) atoms. The molecule has 0 bridgehead atoms. The van der Waals surface area contributed by atoms with Crippen LogP contribution in [0.5, 0.6) is 0 Å². The van der Waals surface area contributed by atoms with Gasteiger partial charge in [-0.25, -0.2) is 8.42 Å². The Morgan fingerprint density at radius 3 is 2.19 bits per heavy atom. The van der Waals surface area contributed by atoms with Gasteiger partial charge in [0.25, 0.3) is 5.69 Å². The number of benzene rings is 1. The fraction of sp³-hybridized carbons (Fsp3) is 0.417. The SMILES string of the molecule is O=C(O)C1(NS(=O)(=O)c2ccc([N+](=O)[O-])cc2)CCCC1. The summed E-state index contributed by atoms with van der Waals surface area (Å²) in [6.45, 7) is 0. The maximum absolute atomic E-state index is 12.2. The molecule has 0 spiro atoms. The summed E-state index contributed by atoms with van der Waals surface area (Å²) >= 11 is 0. The van der Waals surface area contributed by atoms with Crippen molar-refractivity contribution in [1.29, 1.82) is 0 Å². The Morgan fingerprint density at radius 2 is 1.76 bits per heavy atom. The molecular weight excluding hydrogens is 300 g/mol. The second-order valence-corrected chi connectivity index (χ2v) is 6.63. The lowest BCUT2D eigenvalue weighted by atomic mass is 10.0. The van der Waals surface area contributed by atoms with E-state index < -0.39 is 26.5 Å². The van der Waals surface area contributed by atoms with E-state index in [1.54, 1.807) is 0 Å². The number of nitro benzene ring substituents is 1. The molecule has 0 aliphatic heterocycles. The third-order valence-corrected chi connectivity index (χ3v) is 5.11.